The highest BCUT2D eigenvalue weighted by Crippen LogP contribution is 2.31. The number of nitrogens with zero attached hydrogens (tertiary/aromatic N) is 2. The molecule has 0 spiro atoms. The third-order valence-corrected chi connectivity index (χ3v) is 5.61. The second-order valence-corrected chi connectivity index (χ2v) is 7.78. The Kier molecular flexibility index (Phi) is 6.44. The molecule has 0 aliphatic heterocycles. The number of esters is 1. The van der Waals surface area contributed by atoms with E-state index in [9.17, 15) is 4.79 Å². The van der Waals surface area contributed by atoms with E-state index in [-0.39, 0.29) is 5.97 Å². The van der Waals surface area contributed by atoms with E-state index in [0.29, 0.717) is 13.0 Å². The van der Waals surface area contributed by atoms with Crippen molar-refractivity contribution in [3.05, 3.63) is 65.4 Å². The molecule has 2 aromatic carbocycles. The predicted molar refractivity (Wildman–Crippen MR) is 120 cm³/mol. The first-order valence-corrected chi connectivity index (χ1v) is 11.0. The van der Waals surface area contributed by atoms with Crippen molar-refractivity contribution in [2.75, 3.05) is 13.7 Å². The summed E-state index contributed by atoms with van der Waals surface area (Å²) in [5.74, 6) is 1.59. The van der Waals surface area contributed by atoms with Crippen molar-refractivity contribution in [3.8, 4) is 22.8 Å². The summed E-state index contributed by atoms with van der Waals surface area (Å²) in [5.41, 5.74) is 4.13. The molecule has 30 heavy (non-hydrogen) atoms. The molecule has 0 radical (unpaired) electrons. The van der Waals surface area contributed by atoms with Gasteiger partial charge in [0.1, 0.15) is 11.6 Å². The molecule has 0 N–H and O–H groups in total. The number of carbonyl (C=O) groups excluding carboxylic acids is 1. The lowest BCUT2D eigenvalue weighted by molar-refractivity contribution is -0.140. The fourth-order valence-corrected chi connectivity index (χ4v) is 4.03. The number of thiophene rings is 1. The van der Waals surface area contributed by atoms with Gasteiger partial charge in [-0.25, -0.2) is 4.98 Å². The SMILES string of the molecule is COC(=O)CCCCCOc1ccc2nc(-c3ccccc3)n(-c3ccsc3)c2c1. The Balaban J connectivity index is 1.54. The number of carbonyl (C=O) groups is 1. The lowest BCUT2D eigenvalue weighted by atomic mass is 10.2. The summed E-state index contributed by atoms with van der Waals surface area (Å²) in [5, 5.41) is 4.20. The molecule has 6 heteroatoms. The first-order valence-electron chi connectivity index (χ1n) is 10.1. The van der Waals surface area contributed by atoms with Gasteiger partial charge in [-0.15, -0.1) is 0 Å². The van der Waals surface area contributed by atoms with E-state index in [2.05, 4.69) is 44.3 Å². The van der Waals surface area contributed by atoms with Crippen LogP contribution in [0.1, 0.15) is 25.7 Å². The highest BCUT2D eigenvalue weighted by Gasteiger charge is 2.15. The Labute approximate surface area is 179 Å². The van der Waals surface area contributed by atoms with Crippen LogP contribution in [0.5, 0.6) is 5.75 Å². The van der Waals surface area contributed by atoms with Crippen LogP contribution in [-0.2, 0) is 9.53 Å². The molecule has 0 saturated heterocycles. The summed E-state index contributed by atoms with van der Waals surface area (Å²) in [6, 6.07) is 18.4. The van der Waals surface area contributed by atoms with Crippen molar-refractivity contribution in [1.29, 1.82) is 0 Å². The summed E-state index contributed by atoms with van der Waals surface area (Å²) >= 11 is 1.67. The zero-order valence-electron chi connectivity index (χ0n) is 16.9. The summed E-state index contributed by atoms with van der Waals surface area (Å²) in [6.45, 7) is 0.616. The second kappa shape index (κ2) is 9.59. The van der Waals surface area contributed by atoms with Crippen molar-refractivity contribution in [1.82, 2.24) is 9.55 Å². The van der Waals surface area contributed by atoms with E-state index in [0.717, 1.165) is 53.1 Å². The number of hydrogen-bond donors (Lipinski definition) is 0. The van der Waals surface area contributed by atoms with Crippen LogP contribution in [0, 0.1) is 0 Å². The largest absolute Gasteiger partial charge is 0.494 e. The smallest absolute Gasteiger partial charge is 0.305 e. The predicted octanol–water partition coefficient (Wildman–Crippen LogP) is 5.87. The Morgan fingerprint density at radius 1 is 1.07 bits per heavy atom. The standard InChI is InChI=1S/C24H24N2O3S/c1-28-23(27)10-6-3-7-14-29-20-11-12-21-22(16-20)26(19-13-15-30-17-19)24(25-21)18-8-4-2-5-9-18/h2,4-5,8-9,11-13,15-17H,3,6-7,10,14H2,1H3. The Hall–Kier alpha value is -3.12. The number of aromatic nitrogens is 2. The molecule has 5 nitrogen and oxygen atoms in total. The van der Waals surface area contributed by atoms with Crippen LogP contribution in [-0.4, -0.2) is 29.2 Å². The molecule has 154 valence electrons. The first-order chi connectivity index (χ1) is 14.8. The summed E-state index contributed by atoms with van der Waals surface area (Å²) in [6.07, 6.45) is 3.11. The summed E-state index contributed by atoms with van der Waals surface area (Å²) in [4.78, 5) is 16.1. The number of ether oxygens (including phenoxy) is 2. The number of rotatable bonds is 9. The van der Waals surface area contributed by atoms with E-state index in [1.54, 1.807) is 11.3 Å². The van der Waals surface area contributed by atoms with Gasteiger partial charge in [-0.2, -0.15) is 11.3 Å². The Morgan fingerprint density at radius 2 is 1.93 bits per heavy atom. The lowest BCUT2D eigenvalue weighted by Gasteiger charge is -2.09. The van der Waals surface area contributed by atoms with Crippen molar-refractivity contribution < 1.29 is 14.3 Å². The van der Waals surface area contributed by atoms with Crippen LogP contribution in [0.4, 0.5) is 0 Å². The fourth-order valence-electron chi connectivity index (χ4n) is 3.41. The van der Waals surface area contributed by atoms with Gasteiger partial charge in [-0.3, -0.25) is 9.36 Å². The molecule has 4 aromatic rings. The monoisotopic (exact) mass is 420 g/mol. The van der Waals surface area contributed by atoms with Gasteiger partial charge in [0.15, 0.2) is 0 Å². The molecule has 0 fully saturated rings. The number of fused-ring (bicyclic) bond motifs is 1. The molecular formula is C24H24N2O3S. The summed E-state index contributed by atoms with van der Waals surface area (Å²) < 4.78 is 12.8. The average Bonchev–Trinajstić information content (AvgIpc) is 3.43. The van der Waals surface area contributed by atoms with E-state index >= 15 is 0 Å². The quantitative estimate of drug-likeness (QED) is 0.251. The molecule has 0 bridgehead atoms. The van der Waals surface area contributed by atoms with Gasteiger partial charge < -0.3 is 9.47 Å². The summed E-state index contributed by atoms with van der Waals surface area (Å²) in [7, 11) is 1.42. The number of benzene rings is 2. The van der Waals surface area contributed by atoms with Gasteiger partial charge in [-0.1, -0.05) is 30.3 Å². The molecular weight excluding hydrogens is 396 g/mol. The highest BCUT2D eigenvalue weighted by molar-refractivity contribution is 7.08. The van der Waals surface area contributed by atoms with Gasteiger partial charge in [0.25, 0.3) is 0 Å². The van der Waals surface area contributed by atoms with Crippen molar-refractivity contribution >= 4 is 28.3 Å². The van der Waals surface area contributed by atoms with Gasteiger partial charge in [0, 0.05) is 23.4 Å². The van der Waals surface area contributed by atoms with Crippen LogP contribution >= 0.6 is 11.3 Å². The van der Waals surface area contributed by atoms with E-state index in [1.165, 1.54) is 7.11 Å². The molecule has 2 aromatic heterocycles. The molecule has 0 atom stereocenters. The maximum atomic E-state index is 11.2. The second-order valence-electron chi connectivity index (χ2n) is 7.00. The zero-order valence-corrected chi connectivity index (χ0v) is 17.7. The van der Waals surface area contributed by atoms with Crippen molar-refractivity contribution in [2.45, 2.75) is 25.7 Å². The maximum Gasteiger partial charge on any atom is 0.305 e. The minimum absolute atomic E-state index is 0.155. The van der Waals surface area contributed by atoms with Crippen LogP contribution in [0.2, 0.25) is 0 Å². The number of methoxy groups -OCH3 is 1. The van der Waals surface area contributed by atoms with Gasteiger partial charge in [-0.05, 0) is 42.8 Å². The van der Waals surface area contributed by atoms with Gasteiger partial charge in [0.05, 0.1) is 30.4 Å². The Morgan fingerprint density at radius 3 is 2.70 bits per heavy atom. The first kappa shape index (κ1) is 20.2. The van der Waals surface area contributed by atoms with Gasteiger partial charge >= 0.3 is 5.97 Å². The van der Waals surface area contributed by atoms with Crippen LogP contribution in [0.15, 0.2) is 65.4 Å². The molecule has 0 aliphatic carbocycles. The van der Waals surface area contributed by atoms with Crippen LogP contribution in [0.25, 0.3) is 28.1 Å². The number of hydrogen-bond acceptors (Lipinski definition) is 5. The molecule has 0 unspecified atom stereocenters. The molecule has 0 saturated carbocycles. The number of unbranched alkanes of at least 4 members (excludes halogenated alkanes) is 2. The molecule has 0 aliphatic rings. The molecule has 4 rings (SSSR count). The third kappa shape index (κ3) is 4.54. The Bertz CT molecular complexity index is 1100. The average molecular weight is 421 g/mol. The number of imidazole rings is 1. The zero-order chi connectivity index (χ0) is 20.8. The van der Waals surface area contributed by atoms with Crippen molar-refractivity contribution in [3.63, 3.8) is 0 Å². The minimum Gasteiger partial charge on any atom is -0.494 e. The van der Waals surface area contributed by atoms with E-state index in [1.807, 2.05) is 30.3 Å². The molecule has 2 heterocycles. The molecule has 0 amide bonds. The van der Waals surface area contributed by atoms with Gasteiger partial charge in [0.2, 0.25) is 0 Å². The minimum atomic E-state index is -0.155. The van der Waals surface area contributed by atoms with Crippen molar-refractivity contribution in [2.24, 2.45) is 0 Å². The van der Waals surface area contributed by atoms with E-state index < -0.39 is 0 Å². The lowest BCUT2D eigenvalue weighted by Crippen LogP contribution is -2.01. The van der Waals surface area contributed by atoms with Crippen LogP contribution in [0.3, 0.4) is 0 Å². The topological polar surface area (TPSA) is 53.4 Å². The van der Waals surface area contributed by atoms with E-state index in [4.69, 9.17) is 9.72 Å². The normalized spacial score (nSPS) is 11.0. The van der Waals surface area contributed by atoms with Crippen LogP contribution < -0.4 is 4.74 Å². The highest BCUT2D eigenvalue weighted by atomic mass is 32.1. The maximum absolute atomic E-state index is 11.2. The third-order valence-electron chi connectivity index (χ3n) is 4.94. The fraction of sp³-hybridized carbons (Fsp3) is 0.250.